The minimum absolute atomic E-state index is 0.150. The lowest BCUT2D eigenvalue weighted by Crippen LogP contribution is -2.54. The summed E-state index contributed by atoms with van der Waals surface area (Å²) in [4.78, 5) is 16.1. The number of hydrogen-bond acceptors (Lipinski definition) is 5. The number of hydrogen-bond donors (Lipinski definition) is 0. The predicted molar refractivity (Wildman–Crippen MR) is 106 cm³/mol. The summed E-state index contributed by atoms with van der Waals surface area (Å²) < 4.78 is 6.23. The topological polar surface area (TPSA) is 51.1 Å². The molecule has 5 heteroatoms. The van der Waals surface area contributed by atoms with Gasteiger partial charge in [0.2, 0.25) is 5.88 Å². The van der Waals surface area contributed by atoms with Gasteiger partial charge in [0.05, 0.1) is 18.6 Å². The van der Waals surface area contributed by atoms with Crippen LogP contribution in [0.15, 0.2) is 48.8 Å². The zero-order chi connectivity index (χ0) is 18.1. The van der Waals surface area contributed by atoms with Crippen LogP contribution in [0.5, 0.6) is 5.88 Å². The molecular weight excluding hydrogens is 336 g/mol. The second-order valence-corrected chi connectivity index (χ2v) is 7.59. The molecule has 0 amide bonds. The van der Waals surface area contributed by atoms with E-state index < -0.39 is 0 Å². The van der Waals surface area contributed by atoms with Crippen LogP contribution in [-0.2, 0) is 0 Å². The number of fused-ring (bicyclic) bond motifs is 1. The molecule has 138 valence electrons. The standard InChI is InChI=1S/C22H24N4O/c1-2-7-17(8-3-1)21-22(24-13-12-23-21)27-18-14-26(15-18)20-11-10-16-6-4-5-9-19(16)25-20/h4-6,9-13,17-18H,1-3,7-8,14-15H2. The van der Waals surface area contributed by atoms with E-state index in [1.807, 2.05) is 12.1 Å². The summed E-state index contributed by atoms with van der Waals surface area (Å²) in [6.07, 6.45) is 9.99. The van der Waals surface area contributed by atoms with Gasteiger partial charge in [-0.05, 0) is 31.0 Å². The Kier molecular flexibility index (Phi) is 4.36. The molecule has 1 aliphatic carbocycles. The fourth-order valence-corrected chi connectivity index (χ4v) is 4.17. The number of nitrogens with zero attached hydrogens (tertiary/aromatic N) is 4. The lowest BCUT2D eigenvalue weighted by atomic mass is 9.87. The molecule has 0 unspecified atom stereocenters. The monoisotopic (exact) mass is 360 g/mol. The van der Waals surface area contributed by atoms with Gasteiger partial charge in [0.25, 0.3) is 0 Å². The summed E-state index contributed by atoms with van der Waals surface area (Å²) in [5.41, 5.74) is 2.09. The summed E-state index contributed by atoms with van der Waals surface area (Å²) in [5.74, 6) is 2.25. The second-order valence-electron chi connectivity index (χ2n) is 7.59. The van der Waals surface area contributed by atoms with E-state index in [0.717, 1.165) is 36.0 Å². The molecule has 3 aromatic rings. The van der Waals surface area contributed by atoms with Crippen molar-refractivity contribution in [1.29, 1.82) is 0 Å². The molecule has 0 radical (unpaired) electrons. The molecule has 1 saturated carbocycles. The van der Waals surface area contributed by atoms with Crippen LogP contribution in [0.4, 0.5) is 5.82 Å². The molecule has 1 aromatic carbocycles. The molecule has 2 aliphatic rings. The largest absolute Gasteiger partial charge is 0.469 e. The lowest BCUT2D eigenvalue weighted by Gasteiger charge is -2.40. The highest BCUT2D eigenvalue weighted by molar-refractivity contribution is 5.80. The van der Waals surface area contributed by atoms with E-state index >= 15 is 0 Å². The van der Waals surface area contributed by atoms with Crippen molar-refractivity contribution < 1.29 is 4.74 Å². The van der Waals surface area contributed by atoms with Gasteiger partial charge in [0.1, 0.15) is 17.6 Å². The van der Waals surface area contributed by atoms with Crippen molar-refractivity contribution in [3.8, 4) is 5.88 Å². The number of anilines is 1. The first-order chi connectivity index (χ1) is 13.4. The Bertz CT molecular complexity index is 932. The number of ether oxygens (including phenoxy) is 1. The van der Waals surface area contributed by atoms with Crippen LogP contribution >= 0.6 is 0 Å². The van der Waals surface area contributed by atoms with E-state index in [1.165, 1.54) is 37.5 Å². The average Bonchev–Trinajstić information content (AvgIpc) is 2.71. The SMILES string of the molecule is c1ccc2nc(N3CC(Oc4nccnc4C4CCCCC4)C3)ccc2c1. The molecule has 2 aromatic heterocycles. The van der Waals surface area contributed by atoms with E-state index in [2.05, 4.69) is 39.1 Å². The van der Waals surface area contributed by atoms with Gasteiger partial charge in [0.15, 0.2) is 0 Å². The van der Waals surface area contributed by atoms with Gasteiger partial charge in [-0.15, -0.1) is 0 Å². The number of rotatable bonds is 4. The van der Waals surface area contributed by atoms with Gasteiger partial charge < -0.3 is 9.64 Å². The number of benzene rings is 1. The molecule has 5 nitrogen and oxygen atoms in total. The summed E-state index contributed by atoms with van der Waals surface area (Å²) in [6, 6.07) is 12.5. The third kappa shape index (κ3) is 3.34. The number of pyridine rings is 1. The van der Waals surface area contributed by atoms with Crippen LogP contribution in [0.3, 0.4) is 0 Å². The molecule has 5 rings (SSSR count). The van der Waals surface area contributed by atoms with Crippen molar-refractivity contribution in [2.24, 2.45) is 0 Å². The maximum absolute atomic E-state index is 6.23. The van der Waals surface area contributed by atoms with Gasteiger partial charge in [-0.25, -0.2) is 9.97 Å². The van der Waals surface area contributed by atoms with Gasteiger partial charge in [0, 0.05) is 23.7 Å². The quantitative estimate of drug-likeness (QED) is 0.693. The first kappa shape index (κ1) is 16.5. The highest BCUT2D eigenvalue weighted by atomic mass is 16.5. The maximum atomic E-state index is 6.23. The van der Waals surface area contributed by atoms with Crippen LogP contribution in [0.1, 0.15) is 43.7 Å². The normalized spacial score (nSPS) is 18.4. The molecule has 1 aliphatic heterocycles. The molecule has 1 saturated heterocycles. The maximum Gasteiger partial charge on any atom is 0.236 e. The van der Waals surface area contributed by atoms with Gasteiger partial charge in [-0.1, -0.05) is 37.5 Å². The van der Waals surface area contributed by atoms with E-state index in [4.69, 9.17) is 9.72 Å². The summed E-state index contributed by atoms with van der Waals surface area (Å²) in [6.45, 7) is 1.68. The van der Waals surface area contributed by atoms with Crippen LogP contribution in [-0.4, -0.2) is 34.1 Å². The van der Waals surface area contributed by atoms with Crippen LogP contribution in [0.25, 0.3) is 10.9 Å². The number of aromatic nitrogens is 3. The third-order valence-electron chi connectivity index (χ3n) is 5.72. The van der Waals surface area contributed by atoms with E-state index in [1.54, 1.807) is 12.4 Å². The van der Waals surface area contributed by atoms with Crippen molar-refractivity contribution in [1.82, 2.24) is 15.0 Å². The molecule has 0 N–H and O–H groups in total. The van der Waals surface area contributed by atoms with Crippen LogP contribution in [0, 0.1) is 0 Å². The van der Waals surface area contributed by atoms with Crippen molar-refractivity contribution in [2.75, 3.05) is 18.0 Å². The first-order valence-electron chi connectivity index (χ1n) is 9.95. The smallest absolute Gasteiger partial charge is 0.236 e. The molecule has 0 bridgehead atoms. The molecule has 0 spiro atoms. The molecular formula is C22H24N4O. The zero-order valence-corrected chi connectivity index (χ0v) is 15.4. The minimum atomic E-state index is 0.150. The summed E-state index contributed by atoms with van der Waals surface area (Å²) in [7, 11) is 0. The van der Waals surface area contributed by atoms with Gasteiger partial charge in [-0.2, -0.15) is 0 Å². The Balaban J connectivity index is 1.26. The Morgan fingerprint density at radius 2 is 1.70 bits per heavy atom. The fraction of sp³-hybridized carbons (Fsp3) is 0.409. The van der Waals surface area contributed by atoms with Gasteiger partial charge in [-0.3, -0.25) is 4.98 Å². The summed E-state index contributed by atoms with van der Waals surface area (Å²) >= 11 is 0. The van der Waals surface area contributed by atoms with Gasteiger partial charge >= 0.3 is 0 Å². The van der Waals surface area contributed by atoms with E-state index in [0.29, 0.717) is 5.92 Å². The fourth-order valence-electron chi connectivity index (χ4n) is 4.17. The number of para-hydroxylation sites is 1. The predicted octanol–water partition coefficient (Wildman–Crippen LogP) is 4.34. The van der Waals surface area contributed by atoms with Crippen molar-refractivity contribution in [3.63, 3.8) is 0 Å². The Hall–Kier alpha value is -2.69. The van der Waals surface area contributed by atoms with E-state index in [-0.39, 0.29) is 6.10 Å². The zero-order valence-electron chi connectivity index (χ0n) is 15.4. The first-order valence-corrected chi connectivity index (χ1v) is 9.95. The molecule has 27 heavy (non-hydrogen) atoms. The van der Waals surface area contributed by atoms with Crippen molar-refractivity contribution >= 4 is 16.7 Å². The molecule has 3 heterocycles. The molecule has 2 fully saturated rings. The Labute approximate surface area is 159 Å². The minimum Gasteiger partial charge on any atom is -0.469 e. The Morgan fingerprint density at radius 3 is 2.59 bits per heavy atom. The lowest BCUT2D eigenvalue weighted by molar-refractivity contribution is 0.155. The van der Waals surface area contributed by atoms with Crippen LogP contribution < -0.4 is 9.64 Å². The van der Waals surface area contributed by atoms with Crippen molar-refractivity contribution in [3.05, 3.63) is 54.5 Å². The second kappa shape index (κ2) is 7.14. The highest BCUT2D eigenvalue weighted by Crippen LogP contribution is 2.36. The summed E-state index contributed by atoms with van der Waals surface area (Å²) in [5, 5.41) is 1.17. The highest BCUT2D eigenvalue weighted by Gasteiger charge is 2.31. The third-order valence-corrected chi connectivity index (χ3v) is 5.72. The van der Waals surface area contributed by atoms with Crippen LogP contribution in [0.2, 0.25) is 0 Å². The van der Waals surface area contributed by atoms with E-state index in [9.17, 15) is 0 Å². The van der Waals surface area contributed by atoms with Crippen molar-refractivity contribution in [2.45, 2.75) is 44.1 Å². The molecule has 0 atom stereocenters. The average molecular weight is 360 g/mol. The Morgan fingerprint density at radius 1 is 0.889 bits per heavy atom.